The van der Waals surface area contributed by atoms with E-state index in [4.69, 9.17) is 11.6 Å². The number of hydrogen-bond donors (Lipinski definition) is 2. The lowest BCUT2D eigenvalue weighted by Crippen LogP contribution is -2.51. The third-order valence-electron chi connectivity index (χ3n) is 4.80. The number of halogens is 3. The first-order chi connectivity index (χ1) is 13.3. The van der Waals surface area contributed by atoms with Crippen LogP contribution in [0.5, 0.6) is 0 Å². The molecule has 0 bridgehead atoms. The van der Waals surface area contributed by atoms with E-state index in [2.05, 4.69) is 20.6 Å². The van der Waals surface area contributed by atoms with Crippen LogP contribution in [-0.2, 0) is 5.66 Å². The van der Waals surface area contributed by atoms with Gasteiger partial charge >= 0.3 is 0 Å². The number of aromatic nitrogens is 3. The second-order valence-electron chi connectivity index (χ2n) is 6.46. The fourth-order valence-corrected chi connectivity index (χ4v) is 3.78. The molecule has 1 saturated carbocycles. The highest BCUT2D eigenvalue weighted by atomic mass is 35.5. The van der Waals surface area contributed by atoms with Gasteiger partial charge in [-0.3, -0.25) is 14.2 Å². The van der Waals surface area contributed by atoms with Crippen molar-refractivity contribution in [3.8, 4) is 0 Å². The highest BCUT2D eigenvalue weighted by molar-refractivity contribution is 6.34. The standard InChI is InChI=1S/C16H14ClF2N5O2.C2H6/c17-9-7-10(22-11-1-6-20-8-21-11)14(26)24-12(9)13(25)23-16(24)4-2-15(18,19)3-5-16;1-2/h1,6-8H,2-5H2,(H,23,25)(H,20,21,22);1-2H3. The van der Waals surface area contributed by atoms with E-state index in [1.165, 1.54) is 23.2 Å². The number of anilines is 2. The second-order valence-corrected chi connectivity index (χ2v) is 6.86. The van der Waals surface area contributed by atoms with Gasteiger partial charge in [-0.05, 0) is 25.0 Å². The number of alkyl halides is 2. The lowest BCUT2D eigenvalue weighted by atomic mass is 9.86. The quantitative estimate of drug-likeness (QED) is 0.787. The molecule has 4 rings (SSSR count). The smallest absolute Gasteiger partial charge is 0.276 e. The molecule has 0 atom stereocenters. The van der Waals surface area contributed by atoms with E-state index in [1.807, 2.05) is 13.8 Å². The Morgan fingerprint density at radius 2 is 1.89 bits per heavy atom. The number of carbonyl (C=O) groups excluding carboxylic acids is 1. The summed E-state index contributed by atoms with van der Waals surface area (Å²) in [6.07, 6.45) is 1.88. The summed E-state index contributed by atoms with van der Waals surface area (Å²) in [5.74, 6) is -2.97. The fourth-order valence-electron chi connectivity index (χ4n) is 3.50. The van der Waals surface area contributed by atoms with Gasteiger partial charge in [-0.25, -0.2) is 18.7 Å². The van der Waals surface area contributed by atoms with E-state index in [0.717, 1.165) is 0 Å². The van der Waals surface area contributed by atoms with Crippen molar-refractivity contribution in [2.24, 2.45) is 0 Å². The molecule has 1 aliphatic heterocycles. The molecule has 10 heteroatoms. The molecular formula is C18H20ClF2N5O2. The van der Waals surface area contributed by atoms with Crippen LogP contribution in [0.1, 0.15) is 50.0 Å². The average molecular weight is 412 g/mol. The summed E-state index contributed by atoms with van der Waals surface area (Å²) in [6.45, 7) is 4.00. The minimum Gasteiger partial charge on any atom is -0.336 e. The van der Waals surface area contributed by atoms with Crippen molar-refractivity contribution in [3.05, 3.63) is 45.7 Å². The van der Waals surface area contributed by atoms with Gasteiger partial charge in [0.05, 0.1) is 5.02 Å². The molecule has 3 heterocycles. The predicted octanol–water partition coefficient (Wildman–Crippen LogP) is 3.67. The van der Waals surface area contributed by atoms with E-state index < -0.39 is 35.9 Å². The van der Waals surface area contributed by atoms with Crippen molar-refractivity contribution in [1.29, 1.82) is 0 Å². The van der Waals surface area contributed by atoms with Crippen molar-refractivity contribution < 1.29 is 13.6 Å². The van der Waals surface area contributed by atoms with Crippen LogP contribution in [0.2, 0.25) is 5.02 Å². The third kappa shape index (κ3) is 3.46. The van der Waals surface area contributed by atoms with Crippen molar-refractivity contribution >= 4 is 29.0 Å². The number of rotatable bonds is 2. The minimum absolute atomic E-state index is 0.00452. The molecule has 0 radical (unpaired) electrons. The van der Waals surface area contributed by atoms with Gasteiger partial charge in [0, 0.05) is 19.0 Å². The van der Waals surface area contributed by atoms with Gasteiger partial charge in [-0.1, -0.05) is 25.4 Å². The van der Waals surface area contributed by atoms with E-state index in [9.17, 15) is 18.4 Å². The van der Waals surface area contributed by atoms with Gasteiger partial charge < -0.3 is 10.6 Å². The van der Waals surface area contributed by atoms with Crippen LogP contribution >= 0.6 is 11.6 Å². The molecule has 150 valence electrons. The number of nitrogens with zero attached hydrogens (tertiary/aromatic N) is 3. The fraction of sp³-hybridized carbons (Fsp3) is 0.444. The first-order valence-electron chi connectivity index (χ1n) is 9.01. The van der Waals surface area contributed by atoms with Crippen LogP contribution in [0.25, 0.3) is 0 Å². The summed E-state index contributed by atoms with van der Waals surface area (Å²) >= 11 is 6.22. The average Bonchev–Trinajstić information content (AvgIpc) is 2.98. The largest absolute Gasteiger partial charge is 0.336 e. The summed E-state index contributed by atoms with van der Waals surface area (Å²) in [5.41, 5.74) is -1.61. The highest BCUT2D eigenvalue weighted by Crippen LogP contribution is 2.44. The maximum Gasteiger partial charge on any atom is 0.276 e. The molecule has 0 unspecified atom stereocenters. The Kier molecular flexibility index (Phi) is 5.38. The van der Waals surface area contributed by atoms with E-state index in [0.29, 0.717) is 5.82 Å². The molecular weight excluding hydrogens is 392 g/mol. The lowest BCUT2D eigenvalue weighted by Gasteiger charge is -2.38. The maximum atomic E-state index is 13.6. The number of pyridine rings is 1. The van der Waals surface area contributed by atoms with Gasteiger partial charge in [0.15, 0.2) is 0 Å². The monoisotopic (exact) mass is 411 g/mol. The minimum atomic E-state index is -2.80. The van der Waals surface area contributed by atoms with E-state index in [1.54, 1.807) is 6.07 Å². The molecule has 1 aliphatic carbocycles. The van der Waals surface area contributed by atoms with Crippen molar-refractivity contribution in [2.45, 2.75) is 51.1 Å². The number of hydrogen-bond acceptors (Lipinski definition) is 5. The first-order valence-corrected chi connectivity index (χ1v) is 9.39. The van der Waals surface area contributed by atoms with Crippen LogP contribution in [0.15, 0.2) is 29.5 Å². The Labute approximate surface area is 165 Å². The van der Waals surface area contributed by atoms with Gasteiger partial charge in [-0.2, -0.15) is 0 Å². The van der Waals surface area contributed by atoms with Crippen molar-refractivity contribution in [1.82, 2.24) is 19.9 Å². The number of carbonyl (C=O) groups is 1. The Bertz CT molecular complexity index is 939. The Morgan fingerprint density at radius 3 is 2.50 bits per heavy atom. The van der Waals surface area contributed by atoms with Crippen LogP contribution in [-0.4, -0.2) is 26.4 Å². The summed E-state index contributed by atoms with van der Waals surface area (Å²) < 4.78 is 28.4. The molecule has 2 N–H and O–H groups in total. The maximum absolute atomic E-state index is 13.6. The number of fused-ring (bicyclic) bond motifs is 2. The van der Waals surface area contributed by atoms with Crippen molar-refractivity contribution in [3.63, 3.8) is 0 Å². The molecule has 2 aliphatic rings. The molecule has 28 heavy (non-hydrogen) atoms. The topological polar surface area (TPSA) is 88.9 Å². The molecule has 1 spiro atoms. The molecule has 7 nitrogen and oxygen atoms in total. The zero-order chi connectivity index (χ0) is 20.5. The van der Waals surface area contributed by atoms with Crippen LogP contribution in [0.3, 0.4) is 0 Å². The third-order valence-corrected chi connectivity index (χ3v) is 5.09. The Hall–Kier alpha value is -2.55. The Balaban J connectivity index is 0.00000109. The van der Waals surface area contributed by atoms with Crippen LogP contribution in [0, 0.1) is 0 Å². The van der Waals surface area contributed by atoms with E-state index >= 15 is 0 Å². The normalized spacial score (nSPS) is 18.7. The van der Waals surface area contributed by atoms with Gasteiger partial charge in [0.1, 0.15) is 29.2 Å². The summed E-state index contributed by atoms with van der Waals surface area (Å²) in [6, 6.07) is 2.90. The summed E-state index contributed by atoms with van der Waals surface area (Å²) in [7, 11) is 0. The second kappa shape index (κ2) is 7.46. The molecule has 1 fully saturated rings. The first kappa shape index (κ1) is 20.2. The Morgan fingerprint density at radius 1 is 1.21 bits per heavy atom. The van der Waals surface area contributed by atoms with Crippen molar-refractivity contribution in [2.75, 3.05) is 5.32 Å². The zero-order valence-corrected chi connectivity index (χ0v) is 16.2. The number of amides is 1. The van der Waals surface area contributed by atoms with E-state index in [-0.39, 0.29) is 29.2 Å². The molecule has 0 aromatic carbocycles. The molecule has 1 amide bonds. The molecule has 2 aromatic heterocycles. The van der Waals surface area contributed by atoms with Gasteiger partial charge in [0.2, 0.25) is 5.92 Å². The van der Waals surface area contributed by atoms with Gasteiger partial charge in [0.25, 0.3) is 11.5 Å². The zero-order valence-electron chi connectivity index (χ0n) is 15.4. The lowest BCUT2D eigenvalue weighted by molar-refractivity contribution is -0.0667. The van der Waals surface area contributed by atoms with Crippen LogP contribution in [0.4, 0.5) is 20.3 Å². The molecule has 0 saturated heterocycles. The summed E-state index contributed by atoms with van der Waals surface area (Å²) in [4.78, 5) is 33.1. The number of nitrogens with one attached hydrogen (secondary N) is 2. The SMILES string of the molecule is CC.O=C1NC2(CCC(F)(F)CC2)n2c1c(Cl)cc(Nc1ccncn1)c2=O. The predicted molar refractivity (Wildman–Crippen MR) is 101 cm³/mol. The van der Waals surface area contributed by atoms with Gasteiger partial charge in [-0.15, -0.1) is 0 Å². The highest BCUT2D eigenvalue weighted by Gasteiger charge is 2.51. The molecule has 2 aromatic rings. The summed E-state index contributed by atoms with van der Waals surface area (Å²) in [5, 5.41) is 5.60. The van der Waals surface area contributed by atoms with Crippen LogP contribution < -0.4 is 16.2 Å².